The Kier molecular flexibility index (Phi) is 32.4. The molecule has 0 radical (unpaired) electrons. The molecule has 2 saturated heterocycles. The van der Waals surface area contributed by atoms with Gasteiger partial charge in [0.1, 0.15) is 31.0 Å². The standard InChI is InChI=1S/C45H85O12P/c1-3-5-7-9-11-13-15-17-19-21-23-25-27-29-44(48)53-37-39(55-45(49)30-28-26-24-22-20-18-16-14-12-10-8-6-4-2)38-54-58(50,56-40-31-33-51-42(40)35-46)57-41-32-34-52-43(41)36-47/h39-43,46-47H,3-38H2,1-2H3/t39-,40?,41?,42?,43?,58?/m1/s1. The van der Waals surface area contributed by atoms with Crippen LogP contribution in [0.15, 0.2) is 0 Å². The second-order valence-corrected chi connectivity index (χ2v) is 18.1. The molecule has 58 heavy (non-hydrogen) atoms. The molecule has 2 aliphatic heterocycles. The van der Waals surface area contributed by atoms with Crippen LogP contribution in [-0.4, -0.2) is 92.3 Å². The molecular formula is C45H85O12P. The summed E-state index contributed by atoms with van der Waals surface area (Å²) in [6.07, 6.45) is 28.5. The topological polar surface area (TPSA) is 156 Å². The summed E-state index contributed by atoms with van der Waals surface area (Å²) in [5.74, 6) is -0.839. The lowest BCUT2D eigenvalue weighted by Gasteiger charge is -2.28. The minimum Gasteiger partial charge on any atom is -0.462 e. The fourth-order valence-corrected chi connectivity index (χ4v) is 9.29. The second kappa shape index (κ2) is 35.5. The maximum atomic E-state index is 14.1. The molecular weight excluding hydrogens is 763 g/mol. The third-order valence-corrected chi connectivity index (χ3v) is 12.8. The van der Waals surface area contributed by atoms with E-state index in [-0.39, 0.29) is 38.6 Å². The number of aliphatic hydroxyl groups is 2. The Morgan fingerprint density at radius 1 is 0.552 bits per heavy atom. The average molecular weight is 849 g/mol. The van der Waals surface area contributed by atoms with Crippen molar-refractivity contribution in [3.05, 3.63) is 0 Å². The first-order chi connectivity index (χ1) is 28.3. The van der Waals surface area contributed by atoms with Crippen LogP contribution in [0, 0.1) is 0 Å². The lowest BCUT2D eigenvalue weighted by atomic mass is 10.0. The van der Waals surface area contributed by atoms with Crippen molar-refractivity contribution in [2.45, 2.75) is 237 Å². The van der Waals surface area contributed by atoms with Crippen molar-refractivity contribution in [3.8, 4) is 0 Å². The van der Waals surface area contributed by atoms with Gasteiger partial charge in [-0.3, -0.25) is 23.2 Å². The molecule has 2 fully saturated rings. The zero-order chi connectivity index (χ0) is 41.9. The maximum Gasteiger partial charge on any atom is 0.475 e. The van der Waals surface area contributed by atoms with Crippen LogP contribution in [-0.2, 0) is 46.7 Å². The maximum absolute atomic E-state index is 14.1. The van der Waals surface area contributed by atoms with Crippen LogP contribution < -0.4 is 0 Å². The number of phosphoric ester groups is 1. The number of aliphatic hydroxyl groups excluding tert-OH is 2. The zero-order valence-corrected chi connectivity index (χ0v) is 37.7. The van der Waals surface area contributed by atoms with E-state index in [1.807, 2.05) is 0 Å². The van der Waals surface area contributed by atoms with Crippen LogP contribution in [0.25, 0.3) is 0 Å². The number of carbonyl (C=O) groups excluding carboxylic acids is 2. The van der Waals surface area contributed by atoms with Gasteiger partial charge in [-0.15, -0.1) is 0 Å². The highest BCUT2D eigenvalue weighted by atomic mass is 31.2. The zero-order valence-electron chi connectivity index (χ0n) is 36.8. The fourth-order valence-electron chi connectivity index (χ4n) is 7.62. The number of rotatable bonds is 40. The van der Waals surface area contributed by atoms with Gasteiger partial charge < -0.3 is 29.2 Å². The molecule has 5 atom stereocenters. The van der Waals surface area contributed by atoms with Gasteiger partial charge >= 0.3 is 19.8 Å². The quantitative estimate of drug-likeness (QED) is 0.0342. The highest BCUT2D eigenvalue weighted by Crippen LogP contribution is 2.54. The summed E-state index contributed by atoms with van der Waals surface area (Å²) in [6.45, 7) is 3.73. The first kappa shape index (κ1) is 53.0. The smallest absolute Gasteiger partial charge is 0.462 e. The van der Waals surface area contributed by atoms with Crippen molar-refractivity contribution < 1.29 is 56.9 Å². The Morgan fingerprint density at radius 3 is 1.29 bits per heavy atom. The van der Waals surface area contributed by atoms with E-state index in [9.17, 15) is 24.4 Å². The van der Waals surface area contributed by atoms with Crippen molar-refractivity contribution in [2.75, 3.05) is 39.6 Å². The van der Waals surface area contributed by atoms with Crippen molar-refractivity contribution in [3.63, 3.8) is 0 Å². The molecule has 2 rings (SSSR count). The highest BCUT2D eigenvalue weighted by Gasteiger charge is 2.43. The lowest BCUT2D eigenvalue weighted by molar-refractivity contribution is -0.161. The molecule has 342 valence electrons. The Hall–Kier alpha value is -1.11. The van der Waals surface area contributed by atoms with Crippen molar-refractivity contribution in [1.82, 2.24) is 0 Å². The lowest BCUT2D eigenvalue weighted by Crippen LogP contribution is -2.33. The molecule has 0 bridgehead atoms. The molecule has 0 aromatic rings. The number of carbonyl (C=O) groups is 2. The molecule has 0 spiro atoms. The van der Waals surface area contributed by atoms with Gasteiger partial charge in [-0.1, -0.05) is 168 Å². The highest BCUT2D eigenvalue weighted by molar-refractivity contribution is 7.48. The summed E-state index contributed by atoms with van der Waals surface area (Å²) in [5.41, 5.74) is 0. The van der Waals surface area contributed by atoms with Gasteiger partial charge in [-0.2, -0.15) is 0 Å². The summed E-state index contributed by atoms with van der Waals surface area (Å²) >= 11 is 0. The Balaban J connectivity index is 1.82. The largest absolute Gasteiger partial charge is 0.475 e. The summed E-state index contributed by atoms with van der Waals surface area (Å²) in [4.78, 5) is 25.8. The van der Waals surface area contributed by atoms with E-state index in [2.05, 4.69) is 13.8 Å². The van der Waals surface area contributed by atoms with E-state index < -0.39 is 50.9 Å². The van der Waals surface area contributed by atoms with Crippen LogP contribution in [0.3, 0.4) is 0 Å². The Morgan fingerprint density at radius 2 is 0.914 bits per heavy atom. The van der Waals surface area contributed by atoms with Crippen LogP contribution in [0.5, 0.6) is 0 Å². The summed E-state index contributed by atoms with van der Waals surface area (Å²) in [5, 5.41) is 19.5. The van der Waals surface area contributed by atoms with Gasteiger partial charge in [-0.05, 0) is 12.8 Å². The van der Waals surface area contributed by atoms with Crippen LogP contribution in [0.4, 0.5) is 0 Å². The Labute approximate surface area is 352 Å². The van der Waals surface area contributed by atoms with E-state index >= 15 is 0 Å². The fraction of sp³-hybridized carbons (Fsp3) is 0.956. The van der Waals surface area contributed by atoms with E-state index in [4.69, 9.17) is 32.5 Å². The molecule has 0 aromatic carbocycles. The van der Waals surface area contributed by atoms with E-state index in [0.717, 1.165) is 38.5 Å². The van der Waals surface area contributed by atoms with Crippen molar-refractivity contribution in [2.24, 2.45) is 0 Å². The summed E-state index contributed by atoms with van der Waals surface area (Å²) in [6, 6.07) is 0. The first-order valence-corrected chi connectivity index (χ1v) is 25.2. The monoisotopic (exact) mass is 849 g/mol. The summed E-state index contributed by atoms with van der Waals surface area (Å²) < 4.78 is 54.0. The molecule has 0 saturated carbocycles. The van der Waals surface area contributed by atoms with Crippen molar-refractivity contribution in [1.29, 1.82) is 0 Å². The normalized spacial score (nSPS) is 21.0. The second-order valence-electron chi connectivity index (χ2n) is 16.6. The predicted octanol–water partition coefficient (Wildman–Crippen LogP) is 10.9. The molecule has 2 aliphatic rings. The van der Waals surface area contributed by atoms with Crippen LogP contribution >= 0.6 is 7.82 Å². The third kappa shape index (κ3) is 26.3. The van der Waals surface area contributed by atoms with Gasteiger partial charge in [0.2, 0.25) is 0 Å². The Bertz CT molecular complexity index is 1020. The third-order valence-electron chi connectivity index (χ3n) is 11.3. The van der Waals surface area contributed by atoms with Gasteiger partial charge in [0.05, 0.1) is 19.8 Å². The molecule has 0 aromatic heterocycles. The van der Waals surface area contributed by atoms with Crippen LogP contribution in [0.1, 0.15) is 206 Å². The molecule has 4 unspecified atom stereocenters. The predicted molar refractivity (Wildman–Crippen MR) is 228 cm³/mol. The van der Waals surface area contributed by atoms with Crippen LogP contribution in [0.2, 0.25) is 0 Å². The molecule has 13 heteroatoms. The number of ether oxygens (including phenoxy) is 4. The number of hydrogen-bond donors (Lipinski definition) is 2. The van der Waals surface area contributed by atoms with E-state index in [1.54, 1.807) is 0 Å². The van der Waals surface area contributed by atoms with Crippen molar-refractivity contribution >= 4 is 19.8 Å². The SMILES string of the molecule is CCCCCCCCCCCCCCCC(=O)OC[C@H](COP(=O)(OC1CCOC1CO)OC1CCOC1CO)OC(=O)CCCCCCCCCCCCCCC. The summed E-state index contributed by atoms with van der Waals surface area (Å²) in [7, 11) is -4.37. The number of phosphoric acid groups is 1. The van der Waals surface area contributed by atoms with Gasteiger partial charge in [0.25, 0.3) is 0 Å². The van der Waals surface area contributed by atoms with Gasteiger partial charge in [0, 0.05) is 38.9 Å². The minimum atomic E-state index is -4.37. The number of unbranched alkanes of at least 4 members (excludes halogenated alkanes) is 24. The molecule has 0 aliphatic carbocycles. The molecule has 0 amide bonds. The molecule has 2 heterocycles. The molecule has 12 nitrogen and oxygen atoms in total. The average Bonchev–Trinajstić information content (AvgIpc) is 3.87. The molecule has 2 N–H and O–H groups in total. The van der Waals surface area contributed by atoms with E-state index in [0.29, 0.717) is 32.5 Å². The number of hydrogen-bond acceptors (Lipinski definition) is 12. The first-order valence-electron chi connectivity index (χ1n) is 23.7. The van der Waals surface area contributed by atoms with E-state index in [1.165, 1.54) is 122 Å². The van der Waals surface area contributed by atoms with Gasteiger partial charge in [-0.25, -0.2) is 4.57 Å². The number of esters is 2. The van der Waals surface area contributed by atoms with Gasteiger partial charge in [0.15, 0.2) is 6.10 Å². The minimum absolute atomic E-state index is 0.209.